The molecule has 0 bridgehead atoms. The van der Waals surface area contributed by atoms with Gasteiger partial charge in [0.15, 0.2) is 0 Å². The summed E-state index contributed by atoms with van der Waals surface area (Å²) in [7, 11) is -3.90. The van der Waals surface area contributed by atoms with E-state index in [2.05, 4.69) is 10.5 Å². The Kier molecular flexibility index (Phi) is 5.90. The summed E-state index contributed by atoms with van der Waals surface area (Å²) < 4.78 is 38.1. The first-order chi connectivity index (χ1) is 15.2. The van der Waals surface area contributed by atoms with Gasteiger partial charge in [-0.15, -0.1) is 0 Å². The molecule has 0 atom stereocenters. The minimum absolute atomic E-state index is 0.0193. The van der Waals surface area contributed by atoms with Crippen molar-refractivity contribution >= 4 is 21.6 Å². The number of rotatable bonds is 6. The third-order valence-electron chi connectivity index (χ3n) is 5.02. The zero-order valence-electron chi connectivity index (χ0n) is 17.6. The molecule has 168 valence electrons. The Balaban J connectivity index is 1.51. The van der Waals surface area contributed by atoms with Gasteiger partial charge in [-0.25, -0.2) is 8.42 Å². The molecule has 0 spiro atoms. The van der Waals surface area contributed by atoms with Gasteiger partial charge in [-0.1, -0.05) is 6.07 Å². The van der Waals surface area contributed by atoms with Crippen LogP contribution in [-0.4, -0.2) is 36.4 Å². The lowest BCUT2D eigenvalue weighted by molar-refractivity contribution is 0.102. The molecule has 1 aliphatic heterocycles. The van der Waals surface area contributed by atoms with Crippen molar-refractivity contribution in [1.29, 1.82) is 0 Å². The molecule has 0 fully saturated rings. The van der Waals surface area contributed by atoms with Gasteiger partial charge in [-0.05, 0) is 56.3 Å². The van der Waals surface area contributed by atoms with E-state index in [1.807, 2.05) is 13.8 Å². The van der Waals surface area contributed by atoms with E-state index in [9.17, 15) is 18.0 Å². The number of aromatic amines is 1. The minimum atomic E-state index is -3.90. The minimum Gasteiger partial charge on any atom is -0.491 e. The maximum atomic E-state index is 13.1. The normalized spacial score (nSPS) is 14.2. The van der Waals surface area contributed by atoms with Gasteiger partial charge in [0.2, 0.25) is 10.0 Å². The van der Waals surface area contributed by atoms with Gasteiger partial charge < -0.3 is 14.6 Å². The number of sulfonamides is 1. The zero-order valence-corrected chi connectivity index (χ0v) is 18.4. The number of hydrogen-bond donors (Lipinski definition) is 2. The topological polar surface area (TPSA) is 122 Å². The Bertz CT molecular complexity index is 1290. The van der Waals surface area contributed by atoms with Crippen molar-refractivity contribution in [1.82, 2.24) is 9.46 Å². The number of benzene rings is 2. The van der Waals surface area contributed by atoms with Gasteiger partial charge in [0.1, 0.15) is 11.5 Å². The Labute approximate surface area is 185 Å². The first-order valence-electron chi connectivity index (χ1n) is 10.1. The van der Waals surface area contributed by atoms with E-state index >= 15 is 0 Å². The van der Waals surface area contributed by atoms with Crippen molar-refractivity contribution in [3.8, 4) is 5.75 Å². The van der Waals surface area contributed by atoms with Crippen LogP contribution in [0.4, 0.5) is 5.69 Å². The van der Waals surface area contributed by atoms with Crippen molar-refractivity contribution in [2.45, 2.75) is 37.8 Å². The molecular formula is C22H23N3O6S. The van der Waals surface area contributed by atoms with Gasteiger partial charge in [-0.3, -0.25) is 9.59 Å². The van der Waals surface area contributed by atoms with Crippen molar-refractivity contribution in [2.24, 2.45) is 0 Å². The Hall–Kier alpha value is -3.37. The smallest absolute Gasteiger partial charge is 0.284 e. The quantitative estimate of drug-likeness (QED) is 0.587. The van der Waals surface area contributed by atoms with Crippen LogP contribution in [0.15, 0.2) is 62.7 Å². The molecule has 0 unspecified atom stereocenters. The second kappa shape index (κ2) is 8.64. The lowest BCUT2D eigenvalue weighted by Gasteiger charge is -2.24. The standard InChI is InChI=1S/C22H23N3O6S/c1-14(2)30-17-8-6-16(7-9-17)23-21(26)15-4-3-5-18(12-15)32(28,29)25-11-10-20-19(13-25)22(27)24-31-20/h3-9,12,14H,10-11,13H2,1-2H3,(H,23,26)(H,24,27). The number of H-pyrrole nitrogens is 1. The number of anilines is 1. The number of hydrogen-bond acceptors (Lipinski definition) is 6. The fourth-order valence-electron chi connectivity index (χ4n) is 3.45. The molecule has 2 N–H and O–H groups in total. The molecule has 2 heterocycles. The maximum absolute atomic E-state index is 13.1. The molecule has 2 aromatic carbocycles. The molecule has 0 aliphatic carbocycles. The summed E-state index contributed by atoms with van der Waals surface area (Å²) >= 11 is 0. The largest absolute Gasteiger partial charge is 0.491 e. The molecule has 0 saturated carbocycles. The summed E-state index contributed by atoms with van der Waals surface area (Å²) in [6.07, 6.45) is 0.336. The molecule has 9 nitrogen and oxygen atoms in total. The second-order valence-electron chi connectivity index (χ2n) is 7.70. The number of amides is 1. The average molecular weight is 458 g/mol. The van der Waals surface area contributed by atoms with E-state index in [4.69, 9.17) is 9.26 Å². The molecule has 32 heavy (non-hydrogen) atoms. The first-order valence-corrected chi connectivity index (χ1v) is 11.6. The van der Waals surface area contributed by atoms with Crippen LogP contribution >= 0.6 is 0 Å². The van der Waals surface area contributed by atoms with Gasteiger partial charge in [-0.2, -0.15) is 9.46 Å². The number of aromatic nitrogens is 1. The van der Waals surface area contributed by atoms with Crippen LogP contribution in [0.3, 0.4) is 0 Å². The Morgan fingerprint density at radius 2 is 1.94 bits per heavy atom. The molecule has 4 rings (SSSR count). The van der Waals surface area contributed by atoms with E-state index in [-0.39, 0.29) is 29.7 Å². The number of nitrogens with zero attached hydrogens (tertiary/aromatic N) is 1. The van der Waals surface area contributed by atoms with E-state index in [1.165, 1.54) is 22.5 Å². The second-order valence-corrected chi connectivity index (χ2v) is 9.63. The van der Waals surface area contributed by atoms with Crippen molar-refractivity contribution in [3.05, 3.63) is 75.8 Å². The van der Waals surface area contributed by atoms with Crippen LogP contribution < -0.4 is 15.6 Å². The lowest BCUT2D eigenvalue weighted by Crippen LogP contribution is -2.37. The lowest BCUT2D eigenvalue weighted by atomic mass is 10.1. The summed E-state index contributed by atoms with van der Waals surface area (Å²) in [5.41, 5.74) is 0.631. The van der Waals surface area contributed by atoms with Gasteiger partial charge >= 0.3 is 0 Å². The summed E-state index contributed by atoms with van der Waals surface area (Å²) in [6.45, 7) is 3.95. The van der Waals surface area contributed by atoms with E-state index in [1.54, 1.807) is 30.3 Å². The van der Waals surface area contributed by atoms with Crippen LogP contribution in [0.25, 0.3) is 0 Å². The van der Waals surface area contributed by atoms with Crippen LogP contribution in [0, 0.1) is 0 Å². The fourth-order valence-corrected chi connectivity index (χ4v) is 4.90. The summed E-state index contributed by atoms with van der Waals surface area (Å²) in [5.74, 6) is 0.721. The molecule has 1 amide bonds. The highest BCUT2D eigenvalue weighted by molar-refractivity contribution is 7.89. The van der Waals surface area contributed by atoms with Gasteiger partial charge in [0.25, 0.3) is 11.5 Å². The van der Waals surface area contributed by atoms with Crippen molar-refractivity contribution in [2.75, 3.05) is 11.9 Å². The molecule has 1 aromatic heterocycles. The van der Waals surface area contributed by atoms with E-state index in [0.29, 0.717) is 29.2 Å². The zero-order chi connectivity index (χ0) is 22.9. The van der Waals surface area contributed by atoms with E-state index in [0.717, 1.165) is 0 Å². The Morgan fingerprint density at radius 3 is 2.66 bits per heavy atom. The number of ether oxygens (including phenoxy) is 1. The molecule has 1 aliphatic rings. The maximum Gasteiger partial charge on any atom is 0.284 e. The average Bonchev–Trinajstić information content (AvgIpc) is 3.15. The summed E-state index contributed by atoms with van der Waals surface area (Å²) in [4.78, 5) is 24.5. The Morgan fingerprint density at radius 1 is 1.19 bits per heavy atom. The highest BCUT2D eigenvalue weighted by Gasteiger charge is 2.32. The number of fused-ring (bicyclic) bond motifs is 1. The number of nitrogens with one attached hydrogen (secondary N) is 2. The SMILES string of the molecule is CC(C)Oc1ccc(NC(=O)c2cccc(S(=O)(=O)N3CCc4o[nH]c(=O)c4C3)c2)cc1. The van der Waals surface area contributed by atoms with Crippen LogP contribution in [0.1, 0.15) is 35.5 Å². The van der Waals surface area contributed by atoms with Crippen LogP contribution in [0.5, 0.6) is 5.75 Å². The van der Waals surface area contributed by atoms with Gasteiger partial charge in [0, 0.05) is 30.8 Å². The summed E-state index contributed by atoms with van der Waals surface area (Å²) in [6, 6.07) is 12.7. The van der Waals surface area contributed by atoms with Gasteiger partial charge in [0.05, 0.1) is 16.6 Å². The number of carbonyl (C=O) groups is 1. The molecule has 3 aromatic rings. The fraction of sp³-hybridized carbons (Fsp3) is 0.273. The third-order valence-corrected chi connectivity index (χ3v) is 6.86. The molecule has 0 radical (unpaired) electrons. The number of carbonyl (C=O) groups excluding carboxylic acids is 1. The summed E-state index contributed by atoms with van der Waals surface area (Å²) in [5, 5.41) is 4.99. The highest BCUT2D eigenvalue weighted by Crippen LogP contribution is 2.24. The predicted octanol–water partition coefficient (Wildman–Crippen LogP) is 2.75. The molecular weight excluding hydrogens is 434 g/mol. The van der Waals surface area contributed by atoms with Crippen LogP contribution in [0.2, 0.25) is 0 Å². The predicted molar refractivity (Wildman–Crippen MR) is 117 cm³/mol. The third kappa shape index (κ3) is 4.46. The van der Waals surface area contributed by atoms with Crippen molar-refractivity contribution < 1.29 is 22.5 Å². The molecule has 10 heteroatoms. The monoisotopic (exact) mass is 457 g/mol. The van der Waals surface area contributed by atoms with E-state index < -0.39 is 21.5 Å². The first kappa shape index (κ1) is 21.8. The molecule has 0 saturated heterocycles. The van der Waals surface area contributed by atoms with Crippen molar-refractivity contribution in [3.63, 3.8) is 0 Å². The highest BCUT2D eigenvalue weighted by atomic mass is 32.2. The van der Waals surface area contributed by atoms with Crippen LogP contribution in [-0.2, 0) is 23.0 Å².